The second-order valence-corrected chi connectivity index (χ2v) is 15.4. The molecule has 3 N–H and O–H groups in total. The van der Waals surface area contributed by atoms with Gasteiger partial charge in [0.1, 0.15) is 11.7 Å². The third-order valence-corrected chi connectivity index (χ3v) is 11.4. The van der Waals surface area contributed by atoms with Gasteiger partial charge in [0.05, 0.1) is 34.5 Å². The fourth-order valence-corrected chi connectivity index (χ4v) is 7.79. The third-order valence-electron chi connectivity index (χ3n) is 10.1. The largest absolute Gasteiger partial charge is 0.480 e. The minimum atomic E-state index is -3.77. The van der Waals surface area contributed by atoms with Gasteiger partial charge in [0, 0.05) is 68.4 Å². The van der Waals surface area contributed by atoms with Crippen molar-refractivity contribution in [3.05, 3.63) is 54.9 Å². The van der Waals surface area contributed by atoms with Crippen LogP contribution in [0, 0.1) is 5.41 Å². The van der Waals surface area contributed by atoms with E-state index in [0.717, 1.165) is 59.5 Å². The molecular formula is C34H40F2N8O4S. The van der Waals surface area contributed by atoms with E-state index < -0.39 is 28.0 Å². The summed E-state index contributed by atoms with van der Waals surface area (Å²) in [5.74, 6) is -4.01. The summed E-state index contributed by atoms with van der Waals surface area (Å²) < 4.78 is 58.2. The van der Waals surface area contributed by atoms with E-state index in [1.807, 2.05) is 47.5 Å². The highest BCUT2D eigenvalue weighted by Gasteiger charge is 2.44. The summed E-state index contributed by atoms with van der Waals surface area (Å²) in [6.07, 6.45) is 7.73. The maximum Gasteiger partial charge on any atom is 0.320 e. The molecule has 2 saturated heterocycles. The van der Waals surface area contributed by atoms with Crippen molar-refractivity contribution in [2.75, 3.05) is 53.0 Å². The molecule has 4 heterocycles. The predicted molar refractivity (Wildman–Crippen MR) is 184 cm³/mol. The maximum atomic E-state index is 14.0. The molecule has 0 unspecified atom stereocenters. The van der Waals surface area contributed by atoms with Crippen molar-refractivity contribution in [2.24, 2.45) is 5.41 Å². The molecule has 1 saturated carbocycles. The van der Waals surface area contributed by atoms with Crippen LogP contribution in [-0.2, 0) is 14.8 Å². The summed E-state index contributed by atoms with van der Waals surface area (Å²) in [5, 5.41) is 21.6. The van der Waals surface area contributed by atoms with E-state index in [0.29, 0.717) is 16.8 Å². The van der Waals surface area contributed by atoms with Gasteiger partial charge in [-0.05, 0) is 74.4 Å². The minimum absolute atomic E-state index is 0.0121. The van der Waals surface area contributed by atoms with Gasteiger partial charge >= 0.3 is 5.97 Å². The molecule has 15 heteroatoms. The van der Waals surface area contributed by atoms with Gasteiger partial charge in [-0.3, -0.25) is 14.5 Å². The first kappa shape index (κ1) is 33.1. The number of aliphatic carboxylic acids is 1. The topological polar surface area (TPSA) is 146 Å². The van der Waals surface area contributed by atoms with Gasteiger partial charge in [0.15, 0.2) is 0 Å². The van der Waals surface area contributed by atoms with Crippen molar-refractivity contribution in [1.82, 2.24) is 25.3 Å². The summed E-state index contributed by atoms with van der Waals surface area (Å²) >= 11 is 0. The van der Waals surface area contributed by atoms with Crippen LogP contribution in [-0.4, -0.2) is 89.9 Å². The number of pyridine rings is 1. The van der Waals surface area contributed by atoms with Crippen LogP contribution < -0.4 is 19.8 Å². The number of alkyl halides is 2. The summed E-state index contributed by atoms with van der Waals surface area (Å²) in [4.78, 5) is 19.9. The Morgan fingerprint density at radius 3 is 2.41 bits per heavy atom. The highest BCUT2D eigenvalue weighted by Crippen LogP contribution is 2.54. The van der Waals surface area contributed by atoms with Crippen LogP contribution >= 0.6 is 0 Å². The summed E-state index contributed by atoms with van der Waals surface area (Å²) in [5.41, 5.74) is 5.33. The molecule has 1 aliphatic carbocycles. The zero-order valence-corrected chi connectivity index (χ0v) is 28.1. The molecule has 1 spiro atoms. The fraction of sp³-hybridized carbons (Fsp3) is 0.471. The lowest BCUT2D eigenvalue weighted by molar-refractivity contribution is -0.138. The number of carbonyl (C=O) groups is 1. The molecule has 260 valence electrons. The van der Waals surface area contributed by atoms with Crippen LogP contribution in [0.2, 0.25) is 0 Å². The van der Waals surface area contributed by atoms with Crippen molar-refractivity contribution >= 4 is 44.0 Å². The van der Waals surface area contributed by atoms with E-state index in [9.17, 15) is 22.0 Å². The maximum absolute atomic E-state index is 14.0. The molecule has 2 aliphatic heterocycles. The summed E-state index contributed by atoms with van der Waals surface area (Å²) in [6.45, 7) is 3.57. The predicted octanol–water partition coefficient (Wildman–Crippen LogP) is 4.90. The summed E-state index contributed by atoms with van der Waals surface area (Å²) in [7, 11) is -3.77. The molecule has 49 heavy (non-hydrogen) atoms. The molecule has 3 fully saturated rings. The Kier molecular flexibility index (Phi) is 8.67. The Bertz CT molecular complexity index is 1960. The Morgan fingerprint density at radius 2 is 1.69 bits per heavy atom. The molecule has 7 rings (SSSR count). The van der Waals surface area contributed by atoms with Gasteiger partial charge in [-0.2, -0.15) is 0 Å². The number of aromatic nitrogens is 4. The molecule has 3 aliphatic rings. The standard InChI is InChI=1S/C34H40F2N8O4S/c1-23(32(45)46)37-13-18-49(47,48)40-25-4-5-27(29(20-25)42-14-8-33(6-7-33)9-15-42)28-22-44(41-39-28)26-19-24-3-2-12-38-31(24)30(21-26)43-16-10-34(35,36)11-17-43/h2-5,12,19-23,37,40H,6-11,13-18H2,1H3,(H,45,46)/t23-/m0/s1. The average Bonchev–Trinajstić information content (AvgIpc) is 3.64. The lowest BCUT2D eigenvalue weighted by atomic mass is 9.93. The van der Waals surface area contributed by atoms with Crippen molar-refractivity contribution in [1.29, 1.82) is 0 Å². The van der Waals surface area contributed by atoms with E-state index in [1.54, 1.807) is 16.9 Å². The fourth-order valence-electron chi connectivity index (χ4n) is 6.82. The second kappa shape index (κ2) is 12.8. The van der Waals surface area contributed by atoms with Gasteiger partial charge in [-0.1, -0.05) is 11.3 Å². The monoisotopic (exact) mass is 694 g/mol. The van der Waals surface area contributed by atoms with Gasteiger partial charge < -0.3 is 20.2 Å². The van der Waals surface area contributed by atoms with Crippen molar-refractivity contribution in [2.45, 2.75) is 57.4 Å². The number of fused-ring (bicyclic) bond motifs is 1. The number of nitrogens with zero attached hydrogens (tertiary/aromatic N) is 6. The number of sulfonamides is 1. The first-order chi connectivity index (χ1) is 23.4. The van der Waals surface area contributed by atoms with E-state index >= 15 is 0 Å². The molecule has 1 atom stereocenters. The van der Waals surface area contributed by atoms with Crippen molar-refractivity contribution in [3.63, 3.8) is 0 Å². The van der Waals surface area contributed by atoms with Crippen LogP contribution in [0.5, 0.6) is 0 Å². The van der Waals surface area contributed by atoms with Crippen LogP contribution in [0.1, 0.15) is 45.4 Å². The van der Waals surface area contributed by atoms with Gasteiger partial charge in [0.25, 0.3) is 5.92 Å². The number of benzene rings is 2. The number of hydrogen-bond donors (Lipinski definition) is 3. The van der Waals surface area contributed by atoms with Gasteiger partial charge in [0.2, 0.25) is 10.0 Å². The van der Waals surface area contributed by atoms with Gasteiger partial charge in [-0.25, -0.2) is 21.9 Å². The van der Waals surface area contributed by atoms with Crippen LogP contribution in [0.15, 0.2) is 54.9 Å². The summed E-state index contributed by atoms with van der Waals surface area (Å²) in [6, 6.07) is 12.2. The quantitative estimate of drug-likeness (QED) is 0.198. The number of halogens is 2. The Hall–Kier alpha value is -4.37. The number of piperidine rings is 2. The highest BCUT2D eigenvalue weighted by atomic mass is 32.2. The number of nitrogens with one attached hydrogen (secondary N) is 2. The van der Waals surface area contributed by atoms with Crippen LogP contribution in [0.25, 0.3) is 27.8 Å². The van der Waals surface area contributed by atoms with E-state index in [2.05, 4.69) is 30.2 Å². The SMILES string of the molecule is C[C@H](NCCS(=O)(=O)Nc1ccc(-c2cn(-c3cc(N4CCC(F)(F)CC4)c4ncccc4c3)nn2)c(N2CCC3(CC2)CC3)c1)C(=O)O. The molecule has 0 radical (unpaired) electrons. The average molecular weight is 695 g/mol. The molecule has 2 aromatic heterocycles. The Balaban J connectivity index is 1.18. The van der Waals surface area contributed by atoms with Crippen molar-refractivity contribution in [3.8, 4) is 16.9 Å². The molecule has 12 nitrogen and oxygen atoms in total. The van der Waals surface area contributed by atoms with E-state index in [-0.39, 0.29) is 38.2 Å². The molecule has 2 aromatic carbocycles. The smallest absolute Gasteiger partial charge is 0.320 e. The number of carboxylic acid groups (broad SMARTS) is 1. The molecule has 4 aromatic rings. The lowest BCUT2D eigenvalue weighted by Crippen LogP contribution is -2.39. The Morgan fingerprint density at radius 1 is 0.980 bits per heavy atom. The number of rotatable bonds is 11. The normalized spacial score (nSPS) is 19.2. The van der Waals surface area contributed by atoms with Crippen LogP contribution in [0.3, 0.4) is 0 Å². The van der Waals surface area contributed by atoms with E-state index in [4.69, 9.17) is 5.11 Å². The van der Waals surface area contributed by atoms with Crippen molar-refractivity contribution < 1.29 is 27.1 Å². The Labute approximate surface area is 283 Å². The number of anilines is 3. The minimum Gasteiger partial charge on any atom is -0.480 e. The number of hydrogen-bond acceptors (Lipinski definition) is 9. The molecule has 0 amide bonds. The first-order valence-corrected chi connectivity index (χ1v) is 18.3. The van der Waals surface area contributed by atoms with Crippen LogP contribution in [0.4, 0.5) is 25.8 Å². The van der Waals surface area contributed by atoms with E-state index in [1.165, 1.54) is 19.8 Å². The third kappa shape index (κ3) is 7.32. The number of carboxylic acids is 1. The van der Waals surface area contributed by atoms with Gasteiger partial charge in [-0.15, -0.1) is 5.10 Å². The second-order valence-electron chi connectivity index (χ2n) is 13.6. The first-order valence-electron chi connectivity index (χ1n) is 16.7. The molecular weight excluding hydrogens is 654 g/mol. The lowest BCUT2D eigenvalue weighted by Gasteiger charge is -2.35. The zero-order chi connectivity index (χ0) is 34.4. The highest BCUT2D eigenvalue weighted by molar-refractivity contribution is 7.92. The zero-order valence-electron chi connectivity index (χ0n) is 27.3. The molecule has 0 bridgehead atoms.